The molecular formula is C26H31N5O2S. The fourth-order valence-electron chi connectivity index (χ4n) is 4.23. The van der Waals surface area contributed by atoms with Crippen LogP contribution in [0.4, 0.5) is 5.82 Å². The van der Waals surface area contributed by atoms with E-state index in [1.165, 1.54) is 16.0 Å². The maximum atomic E-state index is 12.7. The Labute approximate surface area is 204 Å². The molecule has 3 aromatic rings. The molecule has 0 saturated carbocycles. The molecule has 34 heavy (non-hydrogen) atoms. The lowest BCUT2D eigenvalue weighted by molar-refractivity contribution is -0.129. The monoisotopic (exact) mass is 477 g/mol. The number of hydrogen-bond donors (Lipinski definition) is 4. The molecule has 8 heteroatoms. The molecule has 0 spiro atoms. The summed E-state index contributed by atoms with van der Waals surface area (Å²) < 4.78 is 0. The Morgan fingerprint density at radius 2 is 2.00 bits per heavy atom. The van der Waals surface area contributed by atoms with Crippen molar-refractivity contribution in [1.82, 2.24) is 20.9 Å². The van der Waals surface area contributed by atoms with Crippen LogP contribution < -0.4 is 21.7 Å². The minimum Gasteiger partial charge on any atom is -0.384 e. The number of amides is 2. The predicted octanol–water partition coefficient (Wildman–Crippen LogP) is 3.04. The first-order chi connectivity index (χ1) is 16.4. The molecule has 5 N–H and O–H groups in total. The maximum absolute atomic E-state index is 12.7. The summed E-state index contributed by atoms with van der Waals surface area (Å²) in [5, 5.41) is 11.2. The van der Waals surface area contributed by atoms with Gasteiger partial charge in [0.25, 0.3) is 0 Å². The lowest BCUT2D eigenvalue weighted by atomic mass is 9.99. The summed E-state index contributed by atoms with van der Waals surface area (Å²) in [5.41, 5.74) is 9.81. The molecule has 0 unspecified atom stereocenters. The average molecular weight is 478 g/mol. The van der Waals surface area contributed by atoms with Gasteiger partial charge in [0, 0.05) is 17.1 Å². The SMILES string of the molecule is Cc1nc(N)ccc1CNC(=O)[C@H](C)NC(=O)[C@H]1C[C@H](Cc2cc(-c3ccccc3)cs2)CN1. The molecule has 0 bridgehead atoms. The van der Waals surface area contributed by atoms with E-state index >= 15 is 0 Å². The molecule has 2 amide bonds. The van der Waals surface area contributed by atoms with Crippen LogP contribution in [0, 0.1) is 12.8 Å². The van der Waals surface area contributed by atoms with Crippen LogP contribution in [0.2, 0.25) is 0 Å². The Morgan fingerprint density at radius 1 is 1.21 bits per heavy atom. The number of nitrogens with zero attached hydrogens (tertiary/aromatic N) is 1. The third kappa shape index (κ3) is 6.01. The van der Waals surface area contributed by atoms with Crippen molar-refractivity contribution in [3.8, 4) is 11.1 Å². The van der Waals surface area contributed by atoms with Gasteiger partial charge in [-0.25, -0.2) is 4.98 Å². The number of carbonyl (C=O) groups is 2. The Hall–Kier alpha value is -3.23. The van der Waals surface area contributed by atoms with E-state index in [2.05, 4.69) is 44.5 Å². The van der Waals surface area contributed by atoms with Gasteiger partial charge in [0.05, 0.1) is 6.04 Å². The Bertz CT molecular complexity index is 1150. The zero-order chi connectivity index (χ0) is 24.1. The summed E-state index contributed by atoms with van der Waals surface area (Å²) in [6.45, 7) is 4.68. The highest BCUT2D eigenvalue weighted by molar-refractivity contribution is 7.10. The van der Waals surface area contributed by atoms with Gasteiger partial charge >= 0.3 is 0 Å². The summed E-state index contributed by atoms with van der Waals surface area (Å²) in [7, 11) is 0. The molecular weight excluding hydrogens is 446 g/mol. The van der Waals surface area contributed by atoms with Crippen LogP contribution in [0.3, 0.4) is 0 Å². The third-order valence-electron chi connectivity index (χ3n) is 6.21. The molecule has 178 valence electrons. The highest BCUT2D eigenvalue weighted by atomic mass is 32.1. The zero-order valence-corrected chi connectivity index (χ0v) is 20.3. The molecule has 1 saturated heterocycles. The van der Waals surface area contributed by atoms with Gasteiger partial charge in [0.1, 0.15) is 11.9 Å². The van der Waals surface area contributed by atoms with Crippen LogP contribution in [0.15, 0.2) is 53.9 Å². The fraction of sp³-hybridized carbons (Fsp3) is 0.346. The highest BCUT2D eigenvalue weighted by Gasteiger charge is 2.31. The highest BCUT2D eigenvalue weighted by Crippen LogP contribution is 2.29. The van der Waals surface area contributed by atoms with Crippen molar-refractivity contribution in [3.63, 3.8) is 0 Å². The average Bonchev–Trinajstić information content (AvgIpc) is 3.49. The van der Waals surface area contributed by atoms with Crippen molar-refractivity contribution in [2.75, 3.05) is 12.3 Å². The van der Waals surface area contributed by atoms with Crippen molar-refractivity contribution in [1.29, 1.82) is 0 Å². The van der Waals surface area contributed by atoms with Gasteiger partial charge in [0.15, 0.2) is 0 Å². The molecule has 2 aromatic heterocycles. The Kier molecular flexibility index (Phi) is 7.59. The van der Waals surface area contributed by atoms with Gasteiger partial charge in [0.2, 0.25) is 11.8 Å². The summed E-state index contributed by atoms with van der Waals surface area (Å²) >= 11 is 1.77. The molecule has 3 heterocycles. The van der Waals surface area contributed by atoms with Crippen LogP contribution in [-0.2, 0) is 22.6 Å². The molecule has 1 fully saturated rings. The van der Waals surface area contributed by atoms with Crippen molar-refractivity contribution >= 4 is 29.0 Å². The first-order valence-corrected chi connectivity index (χ1v) is 12.4. The maximum Gasteiger partial charge on any atom is 0.242 e. The van der Waals surface area contributed by atoms with Crippen molar-refractivity contribution in [3.05, 3.63) is 70.0 Å². The predicted molar refractivity (Wildman–Crippen MR) is 136 cm³/mol. The van der Waals surface area contributed by atoms with Gasteiger partial charge in [-0.1, -0.05) is 36.4 Å². The number of carbonyl (C=O) groups excluding carboxylic acids is 2. The lowest BCUT2D eigenvalue weighted by Gasteiger charge is -2.17. The second kappa shape index (κ2) is 10.8. The Balaban J connectivity index is 1.23. The van der Waals surface area contributed by atoms with E-state index in [9.17, 15) is 9.59 Å². The molecule has 1 aliphatic rings. The quantitative estimate of drug-likeness (QED) is 0.399. The van der Waals surface area contributed by atoms with Gasteiger partial charge in [-0.3, -0.25) is 9.59 Å². The molecule has 0 aliphatic carbocycles. The Morgan fingerprint density at radius 3 is 2.76 bits per heavy atom. The van der Waals surface area contributed by atoms with Crippen LogP contribution >= 0.6 is 11.3 Å². The van der Waals surface area contributed by atoms with Gasteiger partial charge in [-0.15, -0.1) is 11.3 Å². The number of hydrogen-bond acceptors (Lipinski definition) is 6. The summed E-state index contributed by atoms with van der Waals surface area (Å²) in [5.74, 6) is 0.479. The van der Waals surface area contributed by atoms with Gasteiger partial charge in [-0.2, -0.15) is 0 Å². The van der Waals surface area contributed by atoms with Crippen molar-refractivity contribution in [2.45, 2.75) is 45.3 Å². The fourth-order valence-corrected chi connectivity index (χ4v) is 5.24. The standard InChI is InChI=1S/C26H31N5O2S/c1-16-20(8-9-24(27)30-16)14-29-25(32)17(2)31-26(33)23-11-18(13-28-23)10-22-12-21(15-34-22)19-6-4-3-5-7-19/h3-9,12,15,17-18,23,28H,10-11,13-14H2,1-2H3,(H2,27,30)(H,29,32)(H,31,33)/t17-,18-,23+/m0/s1. The number of nitrogen functional groups attached to an aromatic ring is 1. The number of anilines is 1. The number of nitrogens with two attached hydrogens (primary N) is 1. The molecule has 1 aromatic carbocycles. The number of pyridine rings is 1. The molecule has 7 nitrogen and oxygen atoms in total. The minimum absolute atomic E-state index is 0.133. The number of aryl methyl sites for hydroxylation is 1. The topological polar surface area (TPSA) is 109 Å². The van der Waals surface area contributed by atoms with E-state index in [4.69, 9.17) is 5.73 Å². The van der Waals surface area contributed by atoms with E-state index in [1.807, 2.05) is 31.2 Å². The number of thiophene rings is 1. The van der Waals surface area contributed by atoms with Crippen LogP contribution in [0.1, 0.15) is 29.5 Å². The van der Waals surface area contributed by atoms with Crippen LogP contribution in [0.25, 0.3) is 11.1 Å². The largest absolute Gasteiger partial charge is 0.384 e. The second-order valence-electron chi connectivity index (χ2n) is 8.86. The molecule has 0 radical (unpaired) electrons. The summed E-state index contributed by atoms with van der Waals surface area (Å²) in [6.07, 6.45) is 1.70. The van der Waals surface area contributed by atoms with E-state index in [0.29, 0.717) is 18.3 Å². The third-order valence-corrected chi connectivity index (χ3v) is 7.17. The molecule has 1 aliphatic heterocycles. The van der Waals surface area contributed by atoms with Crippen LogP contribution in [-0.4, -0.2) is 35.4 Å². The van der Waals surface area contributed by atoms with Gasteiger partial charge in [-0.05, 0) is 73.4 Å². The number of rotatable bonds is 8. The van der Waals surface area contributed by atoms with E-state index in [1.54, 1.807) is 24.3 Å². The number of nitrogens with one attached hydrogen (secondary N) is 3. The second-order valence-corrected chi connectivity index (χ2v) is 9.86. The van der Waals surface area contributed by atoms with E-state index < -0.39 is 6.04 Å². The van der Waals surface area contributed by atoms with Crippen LogP contribution in [0.5, 0.6) is 0 Å². The smallest absolute Gasteiger partial charge is 0.242 e. The zero-order valence-electron chi connectivity index (χ0n) is 19.5. The minimum atomic E-state index is -0.624. The number of benzene rings is 1. The summed E-state index contributed by atoms with van der Waals surface area (Å²) in [6, 6.07) is 15.3. The number of aromatic nitrogens is 1. The van der Waals surface area contributed by atoms with Crippen molar-refractivity contribution in [2.24, 2.45) is 5.92 Å². The molecule has 4 rings (SSSR count). The van der Waals surface area contributed by atoms with Crippen molar-refractivity contribution < 1.29 is 9.59 Å². The van der Waals surface area contributed by atoms with E-state index in [0.717, 1.165) is 30.6 Å². The van der Waals surface area contributed by atoms with Gasteiger partial charge < -0.3 is 21.7 Å². The van der Waals surface area contributed by atoms with E-state index in [-0.39, 0.29) is 17.9 Å². The normalized spacial score (nSPS) is 18.4. The summed E-state index contributed by atoms with van der Waals surface area (Å²) in [4.78, 5) is 30.7. The lowest BCUT2D eigenvalue weighted by Crippen LogP contribution is -2.50. The first kappa shape index (κ1) is 23.9. The first-order valence-electron chi connectivity index (χ1n) is 11.6. The molecule has 3 atom stereocenters.